The van der Waals surface area contributed by atoms with Crippen LogP contribution in [-0.4, -0.2) is 54.4 Å². The summed E-state index contributed by atoms with van der Waals surface area (Å²) in [6.07, 6.45) is 0.975. The van der Waals surface area contributed by atoms with Gasteiger partial charge in [0.2, 0.25) is 5.91 Å². The Kier molecular flexibility index (Phi) is 6.56. The summed E-state index contributed by atoms with van der Waals surface area (Å²) in [5.41, 5.74) is 0.753. The summed E-state index contributed by atoms with van der Waals surface area (Å²) in [7, 11) is 0. The molecular formula is C19H22F2N4O2S. The minimum Gasteiger partial charge on any atom is -0.351 e. The lowest BCUT2D eigenvalue weighted by molar-refractivity contribution is -0.130. The average molecular weight is 408 g/mol. The van der Waals surface area contributed by atoms with Crippen LogP contribution in [0.5, 0.6) is 0 Å². The first-order valence-electron chi connectivity index (χ1n) is 9.12. The number of rotatable bonds is 5. The Balaban J connectivity index is 1.46. The van der Waals surface area contributed by atoms with Crippen LogP contribution in [0.25, 0.3) is 0 Å². The maximum absolute atomic E-state index is 13.6. The number of nitrogens with one attached hydrogen (secondary N) is 1. The molecule has 1 fully saturated rings. The summed E-state index contributed by atoms with van der Waals surface area (Å²) in [5, 5.41) is 5.50. The molecule has 0 bridgehead atoms. The van der Waals surface area contributed by atoms with Gasteiger partial charge in [0, 0.05) is 50.6 Å². The Labute approximate surface area is 166 Å². The maximum atomic E-state index is 13.6. The number of anilines is 1. The molecule has 2 heterocycles. The summed E-state index contributed by atoms with van der Waals surface area (Å²) in [6, 6.07) is 2.77. The highest BCUT2D eigenvalue weighted by Crippen LogP contribution is 2.21. The van der Waals surface area contributed by atoms with Gasteiger partial charge in [-0.3, -0.25) is 9.59 Å². The van der Waals surface area contributed by atoms with E-state index in [-0.39, 0.29) is 24.4 Å². The molecule has 9 heteroatoms. The third kappa shape index (κ3) is 5.03. The Morgan fingerprint density at radius 2 is 2.04 bits per heavy atom. The van der Waals surface area contributed by atoms with Crippen LogP contribution in [0.1, 0.15) is 28.9 Å². The molecule has 3 rings (SSSR count). The second-order valence-corrected chi connectivity index (χ2v) is 7.46. The van der Waals surface area contributed by atoms with Crippen molar-refractivity contribution in [3.05, 3.63) is 46.5 Å². The lowest BCUT2D eigenvalue weighted by atomic mass is 10.2. The van der Waals surface area contributed by atoms with Crippen molar-refractivity contribution in [2.45, 2.75) is 19.8 Å². The molecule has 1 aliphatic rings. The molecule has 2 aromatic rings. The van der Waals surface area contributed by atoms with E-state index in [1.165, 1.54) is 0 Å². The molecule has 150 valence electrons. The van der Waals surface area contributed by atoms with Gasteiger partial charge in [-0.15, -0.1) is 11.3 Å². The third-order valence-corrected chi connectivity index (χ3v) is 5.55. The van der Waals surface area contributed by atoms with Crippen molar-refractivity contribution in [1.82, 2.24) is 15.2 Å². The highest BCUT2D eigenvalue weighted by molar-refractivity contribution is 7.13. The van der Waals surface area contributed by atoms with E-state index in [9.17, 15) is 18.4 Å². The van der Waals surface area contributed by atoms with Gasteiger partial charge in [0.15, 0.2) is 5.13 Å². The first kappa shape index (κ1) is 20.2. The van der Waals surface area contributed by atoms with Gasteiger partial charge in [0.1, 0.15) is 11.6 Å². The summed E-state index contributed by atoms with van der Waals surface area (Å²) in [6.45, 7) is 4.86. The molecule has 1 N–H and O–H groups in total. The summed E-state index contributed by atoms with van der Waals surface area (Å²) in [4.78, 5) is 32.9. The molecule has 1 aliphatic heterocycles. The third-order valence-electron chi connectivity index (χ3n) is 4.53. The van der Waals surface area contributed by atoms with E-state index in [4.69, 9.17) is 0 Å². The van der Waals surface area contributed by atoms with Crippen LogP contribution < -0.4 is 10.2 Å². The second-order valence-electron chi connectivity index (χ2n) is 6.62. The topological polar surface area (TPSA) is 65.5 Å². The smallest absolute Gasteiger partial charge is 0.254 e. The molecule has 0 aliphatic carbocycles. The van der Waals surface area contributed by atoms with E-state index in [0.717, 1.165) is 35.9 Å². The molecule has 0 atom stereocenters. The zero-order chi connectivity index (χ0) is 20.1. The minimum absolute atomic E-state index is 0.0583. The molecule has 0 spiro atoms. The van der Waals surface area contributed by atoms with Crippen LogP contribution in [-0.2, 0) is 4.79 Å². The Bertz CT molecular complexity index is 858. The van der Waals surface area contributed by atoms with Crippen LogP contribution in [0.3, 0.4) is 0 Å². The summed E-state index contributed by atoms with van der Waals surface area (Å²) >= 11 is 1.60. The number of aryl methyl sites for hydroxylation is 1. The van der Waals surface area contributed by atoms with Crippen molar-refractivity contribution < 1.29 is 18.4 Å². The number of hydrogen-bond acceptors (Lipinski definition) is 5. The van der Waals surface area contributed by atoms with E-state index < -0.39 is 17.5 Å². The molecule has 1 saturated heterocycles. The number of hydrogen-bond donors (Lipinski definition) is 1. The largest absolute Gasteiger partial charge is 0.351 e. The van der Waals surface area contributed by atoms with E-state index in [1.807, 2.05) is 12.3 Å². The molecule has 2 amide bonds. The number of carbonyl (C=O) groups excluding carboxylic acids is 2. The van der Waals surface area contributed by atoms with Crippen molar-refractivity contribution in [2.24, 2.45) is 0 Å². The van der Waals surface area contributed by atoms with Gasteiger partial charge in [0.25, 0.3) is 5.91 Å². The van der Waals surface area contributed by atoms with Crippen molar-refractivity contribution in [3.8, 4) is 0 Å². The van der Waals surface area contributed by atoms with Gasteiger partial charge in [-0.2, -0.15) is 0 Å². The van der Waals surface area contributed by atoms with E-state index >= 15 is 0 Å². The summed E-state index contributed by atoms with van der Waals surface area (Å²) in [5.74, 6) is -2.38. The lowest BCUT2D eigenvalue weighted by Crippen LogP contribution is -2.37. The summed E-state index contributed by atoms with van der Waals surface area (Å²) < 4.78 is 26.5. The number of carbonyl (C=O) groups is 2. The normalized spacial score (nSPS) is 14.7. The van der Waals surface area contributed by atoms with Crippen LogP contribution >= 0.6 is 11.3 Å². The highest BCUT2D eigenvalue weighted by atomic mass is 32.1. The first-order chi connectivity index (χ1) is 13.4. The number of benzene rings is 1. The fourth-order valence-corrected chi connectivity index (χ4v) is 3.91. The number of aromatic nitrogens is 1. The molecule has 0 saturated carbocycles. The molecule has 1 aromatic heterocycles. The van der Waals surface area contributed by atoms with Gasteiger partial charge in [-0.25, -0.2) is 13.8 Å². The van der Waals surface area contributed by atoms with Crippen LogP contribution in [0.2, 0.25) is 0 Å². The Hall–Kier alpha value is -2.55. The van der Waals surface area contributed by atoms with E-state index in [0.29, 0.717) is 25.7 Å². The van der Waals surface area contributed by atoms with Crippen molar-refractivity contribution in [1.29, 1.82) is 0 Å². The number of nitrogens with zero attached hydrogens (tertiary/aromatic N) is 3. The quantitative estimate of drug-likeness (QED) is 0.826. The standard InChI is InChI=1S/C19H22F2N4O2S/c1-13-12-28-19(23-13)25-8-2-7-24(9-10-25)17(26)5-6-22-18(27)15-4-3-14(20)11-16(15)21/h3-4,11-12H,2,5-10H2,1H3,(H,22,27). The fourth-order valence-electron chi connectivity index (χ4n) is 3.05. The van der Waals surface area contributed by atoms with Crippen LogP contribution in [0.15, 0.2) is 23.6 Å². The lowest BCUT2D eigenvalue weighted by Gasteiger charge is -2.21. The second kappa shape index (κ2) is 9.09. The predicted molar refractivity (Wildman–Crippen MR) is 104 cm³/mol. The Morgan fingerprint density at radius 3 is 2.75 bits per heavy atom. The van der Waals surface area contributed by atoms with Gasteiger partial charge < -0.3 is 15.1 Å². The molecule has 0 unspecified atom stereocenters. The van der Waals surface area contributed by atoms with E-state index in [2.05, 4.69) is 15.2 Å². The van der Waals surface area contributed by atoms with Crippen LogP contribution in [0.4, 0.5) is 13.9 Å². The average Bonchev–Trinajstić information content (AvgIpc) is 2.93. The molecule has 0 radical (unpaired) electrons. The SMILES string of the molecule is Cc1csc(N2CCCN(C(=O)CCNC(=O)c3ccc(F)cc3F)CC2)n1. The van der Waals surface area contributed by atoms with Crippen molar-refractivity contribution in [2.75, 3.05) is 37.6 Å². The molecule has 1 aromatic carbocycles. The van der Waals surface area contributed by atoms with Gasteiger partial charge >= 0.3 is 0 Å². The number of amides is 2. The van der Waals surface area contributed by atoms with E-state index in [1.54, 1.807) is 16.2 Å². The van der Waals surface area contributed by atoms with Gasteiger partial charge in [0.05, 0.1) is 11.3 Å². The number of thiazole rings is 1. The molecular weight excluding hydrogens is 386 g/mol. The molecule has 28 heavy (non-hydrogen) atoms. The maximum Gasteiger partial charge on any atom is 0.254 e. The highest BCUT2D eigenvalue weighted by Gasteiger charge is 2.21. The zero-order valence-electron chi connectivity index (χ0n) is 15.6. The number of halogens is 2. The monoisotopic (exact) mass is 408 g/mol. The van der Waals surface area contributed by atoms with Gasteiger partial charge in [-0.05, 0) is 25.5 Å². The van der Waals surface area contributed by atoms with Gasteiger partial charge in [-0.1, -0.05) is 0 Å². The zero-order valence-corrected chi connectivity index (χ0v) is 16.4. The van der Waals surface area contributed by atoms with Crippen LogP contribution in [0, 0.1) is 18.6 Å². The van der Waals surface area contributed by atoms with Crippen molar-refractivity contribution in [3.63, 3.8) is 0 Å². The predicted octanol–water partition coefficient (Wildman–Crippen LogP) is 2.59. The fraction of sp³-hybridized carbons (Fsp3) is 0.421. The first-order valence-corrected chi connectivity index (χ1v) is 10.00. The minimum atomic E-state index is -0.922. The Morgan fingerprint density at radius 1 is 1.21 bits per heavy atom. The molecule has 6 nitrogen and oxygen atoms in total. The van der Waals surface area contributed by atoms with Crippen molar-refractivity contribution >= 4 is 28.3 Å².